The van der Waals surface area contributed by atoms with E-state index in [1.807, 2.05) is 0 Å². The monoisotopic (exact) mass is 312 g/mol. The summed E-state index contributed by atoms with van der Waals surface area (Å²) in [6.07, 6.45) is -1.47. The summed E-state index contributed by atoms with van der Waals surface area (Å²) in [5.41, 5.74) is 0.527. The van der Waals surface area contributed by atoms with Gasteiger partial charge in [0, 0.05) is 18.2 Å². The molecule has 7 heteroatoms. The molecule has 2 atom stereocenters. The number of hydrogen-bond donors (Lipinski definition) is 2. The molecule has 0 amide bonds. The molecule has 21 heavy (non-hydrogen) atoms. The van der Waals surface area contributed by atoms with Crippen LogP contribution in [-0.2, 0) is 4.79 Å². The number of carbonyl (C=O) groups is 2. The molecule has 1 heterocycles. The Morgan fingerprint density at radius 1 is 1.38 bits per heavy atom. The van der Waals surface area contributed by atoms with Crippen LogP contribution in [0.4, 0.5) is 0 Å². The van der Waals surface area contributed by atoms with E-state index in [0.29, 0.717) is 23.5 Å². The minimum Gasteiger partial charge on any atom is -0.454 e. The SMILES string of the molecule is CC(=O)SCCC(O)C(O)c1cc2c(cc1C=O)OCO2. The van der Waals surface area contributed by atoms with Crippen LogP contribution < -0.4 is 9.47 Å². The number of aliphatic hydroxyl groups is 2. The first-order chi connectivity index (χ1) is 10.0. The molecule has 0 saturated carbocycles. The van der Waals surface area contributed by atoms with Gasteiger partial charge in [-0.1, -0.05) is 11.8 Å². The lowest BCUT2D eigenvalue weighted by Crippen LogP contribution is -2.20. The second kappa shape index (κ2) is 6.93. The van der Waals surface area contributed by atoms with Crippen molar-refractivity contribution in [3.8, 4) is 11.5 Å². The van der Waals surface area contributed by atoms with Crippen LogP contribution in [0.1, 0.15) is 35.4 Å². The molecule has 2 N–H and O–H groups in total. The Hall–Kier alpha value is -1.57. The number of thioether (sulfide) groups is 1. The molecule has 1 aliphatic heterocycles. The number of rotatable bonds is 6. The molecule has 0 saturated heterocycles. The Labute approximate surface area is 126 Å². The Morgan fingerprint density at radius 2 is 2.05 bits per heavy atom. The van der Waals surface area contributed by atoms with Crippen LogP contribution in [0.5, 0.6) is 11.5 Å². The van der Waals surface area contributed by atoms with Crippen molar-refractivity contribution in [2.45, 2.75) is 25.6 Å². The van der Waals surface area contributed by atoms with Crippen molar-refractivity contribution in [3.05, 3.63) is 23.3 Å². The van der Waals surface area contributed by atoms with Gasteiger partial charge in [0.25, 0.3) is 0 Å². The van der Waals surface area contributed by atoms with E-state index in [2.05, 4.69) is 0 Å². The highest BCUT2D eigenvalue weighted by atomic mass is 32.2. The molecule has 0 aliphatic carbocycles. The van der Waals surface area contributed by atoms with E-state index in [9.17, 15) is 19.8 Å². The predicted molar refractivity (Wildman–Crippen MR) is 76.7 cm³/mol. The predicted octanol–water partition coefficient (Wildman–Crippen LogP) is 1.29. The summed E-state index contributed by atoms with van der Waals surface area (Å²) in [4.78, 5) is 22.0. The number of fused-ring (bicyclic) bond motifs is 1. The normalized spacial score (nSPS) is 15.6. The molecule has 1 aliphatic rings. The lowest BCUT2D eigenvalue weighted by molar-refractivity contribution is -0.109. The molecule has 0 fully saturated rings. The van der Waals surface area contributed by atoms with Gasteiger partial charge in [-0.15, -0.1) is 0 Å². The smallest absolute Gasteiger partial charge is 0.231 e. The van der Waals surface area contributed by atoms with Gasteiger partial charge in [0.1, 0.15) is 6.10 Å². The summed E-state index contributed by atoms with van der Waals surface area (Å²) in [7, 11) is 0. The highest BCUT2D eigenvalue weighted by Gasteiger charge is 2.25. The van der Waals surface area contributed by atoms with Crippen LogP contribution >= 0.6 is 11.8 Å². The Bertz CT molecular complexity index is 545. The summed E-state index contributed by atoms with van der Waals surface area (Å²) >= 11 is 1.08. The molecule has 0 radical (unpaired) electrons. The topological polar surface area (TPSA) is 93.1 Å². The zero-order valence-corrected chi connectivity index (χ0v) is 12.3. The molecule has 114 valence electrons. The van der Waals surface area contributed by atoms with Crippen LogP contribution in [0, 0.1) is 0 Å². The van der Waals surface area contributed by atoms with Gasteiger partial charge in [0.05, 0.1) is 6.10 Å². The summed E-state index contributed by atoms with van der Waals surface area (Å²) in [5.74, 6) is 1.27. The van der Waals surface area contributed by atoms with Crippen molar-refractivity contribution >= 4 is 23.2 Å². The first-order valence-electron chi connectivity index (χ1n) is 6.41. The average Bonchev–Trinajstić information content (AvgIpc) is 2.91. The number of ether oxygens (including phenoxy) is 2. The van der Waals surface area contributed by atoms with Crippen molar-refractivity contribution in [2.75, 3.05) is 12.5 Å². The summed E-state index contributed by atoms with van der Waals surface area (Å²) in [5, 5.41) is 20.1. The van der Waals surface area contributed by atoms with E-state index in [4.69, 9.17) is 9.47 Å². The third-order valence-electron chi connectivity index (χ3n) is 3.11. The van der Waals surface area contributed by atoms with Crippen LogP contribution in [0.3, 0.4) is 0 Å². The third kappa shape index (κ3) is 3.75. The maximum absolute atomic E-state index is 11.1. The quantitative estimate of drug-likeness (QED) is 0.765. The fourth-order valence-electron chi connectivity index (χ4n) is 2.02. The van der Waals surface area contributed by atoms with Crippen LogP contribution in [0.15, 0.2) is 12.1 Å². The number of carbonyl (C=O) groups excluding carboxylic acids is 2. The van der Waals surface area contributed by atoms with Crippen molar-refractivity contribution in [1.82, 2.24) is 0 Å². The lowest BCUT2D eigenvalue weighted by Gasteiger charge is -2.19. The van der Waals surface area contributed by atoms with E-state index in [1.54, 1.807) is 0 Å². The average molecular weight is 312 g/mol. The van der Waals surface area contributed by atoms with Crippen molar-refractivity contribution < 1.29 is 29.3 Å². The third-order valence-corrected chi connectivity index (χ3v) is 3.95. The van der Waals surface area contributed by atoms with Crippen molar-refractivity contribution in [1.29, 1.82) is 0 Å². The van der Waals surface area contributed by atoms with Gasteiger partial charge >= 0.3 is 0 Å². The van der Waals surface area contributed by atoms with Gasteiger partial charge < -0.3 is 19.7 Å². The Balaban J connectivity index is 2.12. The largest absolute Gasteiger partial charge is 0.454 e. The minimum absolute atomic E-state index is 0.0478. The maximum atomic E-state index is 11.1. The standard InChI is InChI=1S/C14H16O6S/c1-8(16)21-3-2-11(17)14(18)10-5-13-12(19-7-20-13)4-9(10)6-15/h4-6,11,14,17-18H,2-3,7H2,1H3. The second-order valence-corrected chi connectivity index (χ2v) is 5.86. The number of aldehydes is 1. The number of benzene rings is 1. The van der Waals surface area contributed by atoms with Gasteiger partial charge in [-0.3, -0.25) is 9.59 Å². The van der Waals surface area contributed by atoms with Gasteiger partial charge in [0.2, 0.25) is 6.79 Å². The molecule has 0 spiro atoms. The molecule has 1 aromatic rings. The van der Waals surface area contributed by atoms with Gasteiger partial charge in [0.15, 0.2) is 22.9 Å². The van der Waals surface area contributed by atoms with Crippen LogP contribution in [-0.4, -0.2) is 40.3 Å². The molecule has 1 aromatic carbocycles. The molecule has 2 unspecified atom stereocenters. The van der Waals surface area contributed by atoms with Crippen molar-refractivity contribution in [2.24, 2.45) is 0 Å². The van der Waals surface area contributed by atoms with E-state index < -0.39 is 12.2 Å². The second-order valence-electron chi connectivity index (χ2n) is 4.59. The molecular weight excluding hydrogens is 296 g/mol. The number of hydrogen-bond acceptors (Lipinski definition) is 7. The molecule has 0 bridgehead atoms. The molecule has 2 rings (SSSR count). The zero-order valence-electron chi connectivity index (χ0n) is 11.4. The maximum Gasteiger partial charge on any atom is 0.231 e. The highest BCUT2D eigenvalue weighted by molar-refractivity contribution is 8.13. The van der Waals surface area contributed by atoms with E-state index in [1.165, 1.54) is 19.1 Å². The zero-order chi connectivity index (χ0) is 15.4. The molecule has 6 nitrogen and oxygen atoms in total. The summed E-state index contributed by atoms with van der Waals surface area (Å²) < 4.78 is 10.4. The Morgan fingerprint density at radius 3 is 2.67 bits per heavy atom. The Kier molecular flexibility index (Phi) is 5.22. The van der Waals surface area contributed by atoms with E-state index >= 15 is 0 Å². The first-order valence-corrected chi connectivity index (χ1v) is 7.39. The summed E-state index contributed by atoms with van der Waals surface area (Å²) in [6, 6.07) is 2.98. The van der Waals surface area contributed by atoms with E-state index in [-0.39, 0.29) is 29.5 Å². The van der Waals surface area contributed by atoms with Gasteiger partial charge in [-0.25, -0.2) is 0 Å². The first kappa shape index (κ1) is 15.8. The van der Waals surface area contributed by atoms with Crippen LogP contribution in [0.2, 0.25) is 0 Å². The van der Waals surface area contributed by atoms with Crippen LogP contribution in [0.25, 0.3) is 0 Å². The minimum atomic E-state index is -1.23. The summed E-state index contributed by atoms with van der Waals surface area (Å²) in [6.45, 7) is 1.50. The fourth-order valence-corrected chi connectivity index (χ4v) is 2.67. The van der Waals surface area contributed by atoms with Gasteiger partial charge in [-0.2, -0.15) is 0 Å². The van der Waals surface area contributed by atoms with E-state index in [0.717, 1.165) is 11.8 Å². The van der Waals surface area contributed by atoms with Crippen molar-refractivity contribution in [3.63, 3.8) is 0 Å². The molecule has 0 aromatic heterocycles. The van der Waals surface area contributed by atoms with Gasteiger partial charge in [-0.05, 0) is 24.1 Å². The lowest BCUT2D eigenvalue weighted by atomic mass is 9.97. The highest BCUT2D eigenvalue weighted by Crippen LogP contribution is 2.37. The molecular formula is C14H16O6S. The number of aliphatic hydroxyl groups excluding tert-OH is 2. The fraction of sp³-hybridized carbons (Fsp3) is 0.429.